The van der Waals surface area contributed by atoms with E-state index in [0.29, 0.717) is 24.0 Å². The molecule has 0 aromatic heterocycles. The fourth-order valence-corrected chi connectivity index (χ4v) is 2.24. The van der Waals surface area contributed by atoms with Gasteiger partial charge in [-0.1, -0.05) is 13.5 Å². The molecule has 2 N–H and O–H groups in total. The SMILES string of the molecule is C=C(O/C=C(\N)OCCCN(CCC)C(C)C)c1ccc(F)cc1. The van der Waals surface area contributed by atoms with Crippen LogP contribution in [0.5, 0.6) is 0 Å². The Kier molecular flexibility index (Phi) is 8.94. The number of ether oxygens (including phenoxy) is 2. The summed E-state index contributed by atoms with van der Waals surface area (Å²) in [6, 6.07) is 6.42. The Hall–Kier alpha value is -2.01. The van der Waals surface area contributed by atoms with Crippen molar-refractivity contribution < 1.29 is 13.9 Å². The maximum atomic E-state index is 12.9. The highest BCUT2D eigenvalue weighted by atomic mass is 19.1. The molecule has 0 aliphatic rings. The van der Waals surface area contributed by atoms with Crippen molar-refractivity contribution in [2.45, 2.75) is 39.7 Å². The molecule has 24 heavy (non-hydrogen) atoms. The van der Waals surface area contributed by atoms with Gasteiger partial charge in [0.05, 0.1) is 6.61 Å². The van der Waals surface area contributed by atoms with E-state index in [0.717, 1.165) is 25.9 Å². The zero-order valence-electron chi connectivity index (χ0n) is 14.9. The Morgan fingerprint density at radius 3 is 2.54 bits per heavy atom. The van der Waals surface area contributed by atoms with Crippen molar-refractivity contribution in [1.29, 1.82) is 0 Å². The van der Waals surface area contributed by atoms with Crippen LogP contribution in [0, 0.1) is 5.82 Å². The van der Waals surface area contributed by atoms with Gasteiger partial charge in [-0.3, -0.25) is 0 Å². The van der Waals surface area contributed by atoms with E-state index in [1.165, 1.54) is 18.4 Å². The van der Waals surface area contributed by atoms with E-state index < -0.39 is 0 Å². The first-order valence-corrected chi connectivity index (χ1v) is 8.38. The summed E-state index contributed by atoms with van der Waals surface area (Å²) in [5.74, 6) is 0.281. The first-order valence-electron chi connectivity index (χ1n) is 8.38. The summed E-state index contributed by atoms with van der Waals surface area (Å²) in [6.07, 6.45) is 3.35. The second-order valence-electron chi connectivity index (χ2n) is 5.90. The molecular weight excluding hydrogens is 307 g/mol. The van der Waals surface area contributed by atoms with E-state index in [1.807, 2.05) is 0 Å². The van der Waals surface area contributed by atoms with Gasteiger partial charge in [0.15, 0.2) is 6.26 Å². The first kappa shape index (κ1) is 20.0. The molecule has 0 saturated heterocycles. The summed E-state index contributed by atoms with van der Waals surface area (Å²) in [5, 5.41) is 0. The third-order valence-electron chi connectivity index (χ3n) is 3.58. The summed E-state index contributed by atoms with van der Waals surface area (Å²) < 4.78 is 23.7. The van der Waals surface area contributed by atoms with Crippen LogP contribution in [0.3, 0.4) is 0 Å². The molecule has 0 atom stereocenters. The van der Waals surface area contributed by atoms with Gasteiger partial charge < -0.3 is 20.1 Å². The number of nitrogens with zero attached hydrogens (tertiary/aromatic N) is 1. The molecule has 0 bridgehead atoms. The lowest BCUT2D eigenvalue weighted by atomic mass is 10.2. The van der Waals surface area contributed by atoms with Crippen LogP contribution in [0.1, 0.15) is 39.2 Å². The molecule has 1 aromatic carbocycles. The average Bonchev–Trinajstić information content (AvgIpc) is 2.55. The lowest BCUT2D eigenvalue weighted by Crippen LogP contribution is -2.33. The first-order chi connectivity index (χ1) is 11.4. The minimum atomic E-state index is -0.302. The van der Waals surface area contributed by atoms with Gasteiger partial charge in [0.2, 0.25) is 5.88 Å². The standard InChI is InChI=1S/C19H29FN2O2/c1-5-11-22(15(2)3)12-6-13-23-19(21)14-24-16(4)17-7-9-18(20)10-8-17/h7-10,14-15H,4-6,11-13,21H2,1-3H3/b19-14+. The molecule has 1 aromatic rings. The summed E-state index contributed by atoms with van der Waals surface area (Å²) >= 11 is 0. The Labute approximate surface area is 144 Å². The third kappa shape index (κ3) is 7.51. The Balaban J connectivity index is 2.31. The maximum absolute atomic E-state index is 12.9. The highest BCUT2D eigenvalue weighted by Crippen LogP contribution is 2.15. The highest BCUT2D eigenvalue weighted by molar-refractivity contribution is 5.57. The van der Waals surface area contributed by atoms with Crippen molar-refractivity contribution in [3.05, 3.63) is 54.4 Å². The molecule has 0 aliphatic carbocycles. The largest absolute Gasteiger partial charge is 0.477 e. The van der Waals surface area contributed by atoms with Gasteiger partial charge in [-0.2, -0.15) is 0 Å². The molecule has 0 fully saturated rings. The second-order valence-corrected chi connectivity index (χ2v) is 5.90. The van der Waals surface area contributed by atoms with Gasteiger partial charge in [-0.15, -0.1) is 0 Å². The van der Waals surface area contributed by atoms with Gasteiger partial charge >= 0.3 is 0 Å². The zero-order valence-corrected chi connectivity index (χ0v) is 14.9. The normalized spacial score (nSPS) is 11.8. The van der Waals surface area contributed by atoms with Gasteiger partial charge in [0.1, 0.15) is 11.6 Å². The molecule has 1 rings (SSSR count). The third-order valence-corrected chi connectivity index (χ3v) is 3.58. The number of benzene rings is 1. The number of hydrogen-bond donors (Lipinski definition) is 1. The van der Waals surface area contributed by atoms with Crippen LogP contribution >= 0.6 is 0 Å². The summed E-state index contributed by atoms with van der Waals surface area (Å²) in [4.78, 5) is 2.41. The number of halogens is 1. The predicted molar refractivity (Wildman–Crippen MR) is 96.4 cm³/mol. The fourth-order valence-electron chi connectivity index (χ4n) is 2.24. The number of hydrogen-bond acceptors (Lipinski definition) is 4. The molecule has 4 nitrogen and oxygen atoms in total. The predicted octanol–water partition coefficient (Wildman–Crippen LogP) is 4.10. The van der Waals surface area contributed by atoms with Crippen molar-refractivity contribution in [2.75, 3.05) is 19.7 Å². The Morgan fingerprint density at radius 2 is 1.96 bits per heavy atom. The van der Waals surface area contributed by atoms with E-state index in [4.69, 9.17) is 15.2 Å². The quantitative estimate of drug-likeness (QED) is 0.488. The molecule has 0 spiro atoms. The van der Waals surface area contributed by atoms with Crippen molar-refractivity contribution >= 4 is 5.76 Å². The molecule has 0 radical (unpaired) electrons. The van der Waals surface area contributed by atoms with Crippen LogP contribution in [0.2, 0.25) is 0 Å². The molecular formula is C19H29FN2O2. The summed E-state index contributed by atoms with van der Waals surface area (Å²) in [7, 11) is 0. The van der Waals surface area contributed by atoms with Gasteiger partial charge in [-0.25, -0.2) is 4.39 Å². The van der Waals surface area contributed by atoms with Gasteiger partial charge in [-0.05, 0) is 57.5 Å². The Bertz CT molecular complexity index is 527. The van der Waals surface area contributed by atoms with Crippen LogP contribution in [0.15, 0.2) is 43.0 Å². The fraction of sp³-hybridized carbons (Fsp3) is 0.474. The van der Waals surface area contributed by atoms with E-state index in [-0.39, 0.29) is 11.7 Å². The summed E-state index contributed by atoms with van der Waals surface area (Å²) in [6.45, 7) is 12.9. The molecule has 0 saturated carbocycles. The zero-order chi connectivity index (χ0) is 17.9. The molecule has 0 aliphatic heterocycles. The van der Waals surface area contributed by atoms with E-state index in [2.05, 4.69) is 32.3 Å². The average molecular weight is 336 g/mol. The lowest BCUT2D eigenvalue weighted by molar-refractivity contribution is 0.159. The maximum Gasteiger partial charge on any atom is 0.220 e. The van der Waals surface area contributed by atoms with E-state index in [9.17, 15) is 4.39 Å². The van der Waals surface area contributed by atoms with Crippen LogP contribution < -0.4 is 5.73 Å². The van der Waals surface area contributed by atoms with Crippen LogP contribution in [-0.4, -0.2) is 30.6 Å². The van der Waals surface area contributed by atoms with Crippen molar-refractivity contribution in [3.63, 3.8) is 0 Å². The van der Waals surface area contributed by atoms with Crippen molar-refractivity contribution in [3.8, 4) is 0 Å². The van der Waals surface area contributed by atoms with Crippen molar-refractivity contribution in [2.24, 2.45) is 5.73 Å². The second kappa shape index (κ2) is 10.7. The topological polar surface area (TPSA) is 47.7 Å². The summed E-state index contributed by atoms with van der Waals surface area (Å²) in [5.41, 5.74) is 6.45. The smallest absolute Gasteiger partial charge is 0.220 e. The number of rotatable bonds is 11. The minimum absolute atomic E-state index is 0.199. The highest BCUT2D eigenvalue weighted by Gasteiger charge is 2.07. The van der Waals surface area contributed by atoms with Crippen LogP contribution in [-0.2, 0) is 9.47 Å². The van der Waals surface area contributed by atoms with Crippen LogP contribution in [0.4, 0.5) is 4.39 Å². The van der Waals surface area contributed by atoms with E-state index >= 15 is 0 Å². The monoisotopic (exact) mass is 336 g/mol. The number of nitrogens with two attached hydrogens (primary N) is 1. The van der Waals surface area contributed by atoms with Gasteiger partial charge in [0, 0.05) is 18.2 Å². The lowest BCUT2D eigenvalue weighted by Gasteiger charge is -2.25. The van der Waals surface area contributed by atoms with Crippen molar-refractivity contribution in [1.82, 2.24) is 4.90 Å². The molecule has 0 amide bonds. The molecule has 134 valence electrons. The van der Waals surface area contributed by atoms with E-state index in [1.54, 1.807) is 12.1 Å². The van der Waals surface area contributed by atoms with Crippen LogP contribution in [0.25, 0.3) is 5.76 Å². The molecule has 0 unspecified atom stereocenters. The van der Waals surface area contributed by atoms with Gasteiger partial charge in [0.25, 0.3) is 0 Å². The Morgan fingerprint density at radius 1 is 1.29 bits per heavy atom. The minimum Gasteiger partial charge on any atom is -0.477 e. The molecule has 5 heteroatoms. The molecule has 0 heterocycles.